The SMILES string of the molecule is CCCCCCCCCCC#Cc1ccc(CN(CCc2cccc(Cl)c2)OC(C)=O)cc1. The second-order valence-corrected chi connectivity index (χ2v) is 8.99. The lowest BCUT2D eigenvalue weighted by Crippen LogP contribution is -2.28. The van der Waals surface area contributed by atoms with Crippen molar-refractivity contribution in [1.82, 2.24) is 5.06 Å². The number of halogens is 1. The van der Waals surface area contributed by atoms with Crippen LogP contribution in [0.25, 0.3) is 0 Å². The first-order chi connectivity index (χ1) is 16.1. The molecule has 0 amide bonds. The van der Waals surface area contributed by atoms with Crippen LogP contribution >= 0.6 is 11.6 Å². The van der Waals surface area contributed by atoms with Crippen LogP contribution in [0.15, 0.2) is 48.5 Å². The van der Waals surface area contributed by atoms with Crippen molar-refractivity contribution in [1.29, 1.82) is 0 Å². The van der Waals surface area contributed by atoms with Crippen LogP contribution < -0.4 is 0 Å². The minimum absolute atomic E-state index is 0.315. The van der Waals surface area contributed by atoms with E-state index in [-0.39, 0.29) is 5.97 Å². The summed E-state index contributed by atoms with van der Waals surface area (Å²) in [7, 11) is 0. The Morgan fingerprint density at radius 2 is 1.64 bits per heavy atom. The third kappa shape index (κ3) is 12.5. The number of rotatable bonds is 14. The summed E-state index contributed by atoms with van der Waals surface area (Å²) in [5, 5.41) is 2.41. The maximum atomic E-state index is 11.5. The van der Waals surface area contributed by atoms with Crippen LogP contribution in [0.4, 0.5) is 0 Å². The lowest BCUT2D eigenvalue weighted by molar-refractivity contribution is -0.190. The standard InChI is InChI=1S/C29H38ClNO2/c1-3-4-5-6-7-8-9-10-11-12-14-26-17-19-28(20-18-26)24-31(33-25(2)32)22-21-27-15-13-16-29(30)23-27/h13,15-20,23H,3-11,21-22,24H2,1-2H3. The molecule has 0 saturated heterocycles. The van der Waals surface area contributed by atoms with Crippen molar-refractivity contribution < 1.29 is 9.63 Å². The van der Waals surface area contributed by atoms with E-state index >= 15 is 0 Å². The van der Waals surface area contributed by atoms with Gasteiger partial charge >= 0.3 is 5.97 Å². The van der Waals surface area contributed by atoms with Gasteiger partial charge in [0.15, 0.2) is 0 Å². The maximum absolute atomic E-state index is 11.5. The fourth-order valence-corrected chi connectivity index (χ4v) is 3.91. The molecule has 0 heterocycles. The van der Waals surface area contributed by atoms with Gasteiger partial charge in [-0.25, -0.2) is 0 Å². The molecule has 33 heavy (non-hydrogen) atoms. The summed E-state index contributed by atoms with van der Waals surface area (Å²) in [6, 6.07) is 15.9. The van der Waals surface area contributed by atoms with E-state index < -0.39 is 0 Å². The largest absolute Gasteiger partial charge is 0.368 e. The Morgan fingerprint density at radius 3 is 2.30 bits per heavy atom. The predicted molar refractivity (Wildman–Crippen MR) is 138 cm³/mol. The van der Waals surface area contributed by atoms with Crippen LogP contribution in [-0.2, 0) is 22.6 Å². The van der Waals surface area contributed by atoms with E-state index in [0.717, 1.165) is 29.5 Å². The van der Waals surface area contributed by atoms with Gasteiger partial charge in [-0.05, 0) is 48.2 Å². The number of carbonyl (C=O) groups excluding carboxylic acids is 1. The van der Waals surface area contributed by atoms with Gasteiger partial charge in [0.05, 0.1) is 6.54 Å². The summed E-state index contributed by atoms with van der Waals surface area (Å²) >= 11 is 6.07. The van der Waals surface area contributed by atoms with Crippen molar-refractivity contribution >= 4 is 17.6 Å². The van der Waals surface area contributed by atoms with E-state index in [0.29, 0.717) is 18.1 Å². The van der Waals surface area contributed by atoms with Gasteiger partial charge in [-0.15, -0.1) is 5.06 Å². The second-order valence-electron chi connectivity index (χ2n) is 8.55. The summed E-state index contributed by atoms with van der Waals surface area (Å²) < 4.78 is 0. The summed E-state index contributed by atoms with van der Waals surface area (Å²) in [6.45, 7) is 4.82. The molecule has 0 fully saturated rings. The Labute approximate surface area is 205 Å². The molecule has 0 bridgehead atoms. The summed E-state index contributed by atoms with van der Waals surface area (Å²) in [6.07, 6.45) is 12.3. The van der Waals surface area contributed by atoms with E-state index in [9.17, 15) is 4.79 Å². The van der Waals surface area contributed by atoms with Crippen molar-refractivity contribution in [2.45, 2.75) is 84.6 Å². The first-order valence-corrected chi connectivity index (χ1v) is 12.7. The topological polar surface area (TPSA) is 29.5 Å². The van der Waals surface area contributed by atoms with Crippen LogP contribution in [0.3, 0.4) is 0 Å². The molecule has 0 aliphatic carbocycles. The molecule has 2 aromatic carbocycles. The zero-order chi connectivity index (χ0) is 23.7. The highest BCUT2D eigenvalue weighted by Crippen LogP contribution is 2.14. The van der Waals surface area contributed by atoms with Crippen LogP contribution in [0.1, 0.15) is 88.3 Å². The minimum atomic E-state index is -0.315. The molecule has 0 unspecified atom stereocenters. The lowest BCUT2D eigenvalue weighted by Gasteiger charge is -2.20. The van der Waals surface area contributed by atoms with Crippen LogP contribution in [0.5, 0.6) is 0 Å². The van der Waals surface area contributed by atoms with Crippen LogP contribution in [-0.4, -0.2) is 17.6 Å². The molecule has 0 atom stereocenters. The molecule has 0 aliphatic heterocycles. The molecule has 3 nitrogen and oxygen atoms in total. The summed E-state index contributed by atoms with van der Waals surface area (Å²) in [5.74, 6) is 6.25. The molecule has 178 valence electrons. The fourth-order valence-electron chi connectivity index (χ4n) is 3.69. The van der Waals surface area contributed by atoms with Gasteiger partial charge < -0.3 is 4.84 Å². The molecule has 0 saturated carbocycles. The highest BCUT2D eigenvalue weighted by atomic mass is 35.5. The van der Waals surface area contributed by atoms with Crippen molar-refractivity contribution in [3.8, 4) is 11.8 Å². The molecule has 4 heteroatoms. The monoisotopic (exact) mass is 467 g/mol. The molecular formula is C29H38ClNO2. The van der Waals surface area contributed by atoms with Gasteiger partial charge in [0.1, 0.15) is 0 Å². The number of carbonyl (C=O) groups is 1. The fraction of sp³-hybridized carbons (Fsp3) is 0.483. The average molecular weight is 468 g/mol. The first-order valence-electron chi connectivity index (χ1n) is 12.3. The van der Waals surface area contributed by atoms with Gasteiger partial charge in [0.2, 0.25) is 0 Å². The van der Waals surface area contributed by atoms with Gasteiger partial charge in [-0.3, -0.25) is 4.79 Å². The second kappa shape index (κ2) is 16.4. The van der Waals surface area contributed by atoms with Crippen molar-refractivity contribution in [3.63, 3.8) is 0 Å². The van der Waals surface area contributed by atoms with E-state index in [4.69, 9.17) is 16.4 Å². The number of nitrogens with zero attached hydrogens (tertiary/aromatic N) is 1. The molecule has 2 rings (SSSR count). The quantitative estimate of drug-likeness (QED) is 0.161. The zero-order valence-electron chi connectivity index (χ0n) is 20.2. The van der Waals surface area contributed by atoms with Gasteiger partial charge in [0, 0.05) is 30.5 Å². The number of hydrogen-bond donors (Lipinski definition) is 0. The average Bonchev–Trinajstić information content (AvgIpc) is 2.79. The Balaban J connectivity index is 1.75. The highest BCUT2D eigenvalue weighted by Gasteiger charge is 2.10. The molecule has 0 aliphatic rings. The van der Waals surface area contributed by atoms with E-state index in [1.165, 1.54) is 58.3 Å². The third-order valence-electron chi connectivity index (χ3n) is 5.50. The van der Waals surface area contributed by atoms with Crippen molar-refractivity contribution in [2.75, 3.05) is 6.54 Å². The van der Waals surface area contributed by atoms with E-state index in [2.05, 4.69) is 30.9 Å². The zero-order valence-corrected chi connectivity index (χ0v) is 21.0. The molecule has 0 aromatic heterocycles. The predicted octanol–water partition coefficient (Wildman–Crippen LogP) is 7.75. The van der Waals surface area contributed by atoms with E-state index in [1.54, 1.807) is 5.06 Å². The van der Waals surface area contributed by atoms with Crippen molar-refractivity contribution in [2.24, 2.45) is 0 Å². The maximum Gasteiger partial charge on any atom is 0.322 e. The molecular weight excluding hydrogens is 430 g/mol. The first kappa shape index (κ1) is 27.0. The van der Waals surface area contributed by atoms with E-state index in [1.807, 2.05) is 36.4 Å². The summed E-state index contributed by atoms with van der Waals surface area (Å²) in [5.41, 5.74) is 3.22. The number of hydrogen-bond acceptors (Lipinski definition) is 3. The molecule has 2 aromatic rings. The molecule has 0 N–H and O–H groups in total. The molecule has 0 radical (unpaired) electrons. The van der Waals surface area contributed by atoms with Crippen LogP contribution in [0, 0.1) is 11.8 Å². The minimum Gasteiger partial charge on any atom is -0.368 e. The Kier molecular flexibility index (Phi) is 13.4. The van der Waals surface area contributed by atoms with Gasteiger partial charge in [0.25, 0.3) is 0 Å². The Hall–Kier alpha value is -2.28. The third-order valence-corrected chi connectivity index (χ3v) is 5.73. The lowest BCUT2D eigenvalue weighted by atomic mass is 10.1. The Bertz CT molecular complexity index is 882. The smallest absolute Gasteiger partial charge is 0.322 e. The van der Waals surface area contributed by atoms with Crippen molar-refractivity contribution in [3.05, 3.63) is 70.2 Å². The summed E-state index contributed by atoms with van der Waals surface area (Å²) in [4.78, 5) is 16.9. The highest BCUT2D eigenvalue weighted by molar-refractivity contribution is 6.30. The number of benzene rings is 2. The molecule has 0 spiro atoms. The van der Waals surface area contributed by atoms with Gasteiger partial charge in [-0.2, -0.15) is 0 Å². The van der Waals surface area contributed by atoms with Crippen LogP contribution in [0.2, 0.25) is 5.02 Å². The number of hydroxylamine groups is 2. The Morgan fingerprint density at radius 1 is 0.939 bits per heavy atom. The van der Waals surface area contributed by atoms with Gasteiger partial charge in [-0.1, -0.05) is 99.6 Å². The normalized spacial score (nSPS) is 10.7. The number of unbranched alkanes of at least 4 members (excludes halogenated alkanes) is 8.